The Labute approximate surface area is 169 Å². The minimum Gasteiger partial charge on any atom is -0.481 e. The highest BCUT2D eigenvalue weighted by Gasteiger charge is 2.30. The Morgan fingerprint density at radius 3 is 2.17 bits per heavy atom. The lowest BCUT2D eigenvalue weighted by Crippen LogP contribution is -2.56. The number of carboxylic acids is 2. The largest absolute Gasteiger partial charge is 0.481 e. The van der Waals surface area contributed by atoms with E-state index in [1.807, 2.05) is 30.3 Å². The van der Waals surface area contributed by atoms with E-state index in [0.29, 0.717) is 6.42 Å². The number of nitrogens with one attached hydrogen (secondary N) is 2. The van der Waals surface area contributed by atoms with Crippen molar-refractivity contribution in [2.24, 2.45) is 11.7 Å². The molecular formula is C20H29N3O6. The highest BCUT2D eigenvalue weighted by Crippen LogP contribution is 2.10. The SMILES string of the molecule is CCC(C)C(NC(=O)C(CCC(=O)O)NC(=O)C(N)Cc1ccccc1)C(=O)O. The van der Waals surface area contributed by atoms with Crippen molar-refractivity contribution in [1.82, 2.24) is 10.6 Å². The molecule has 9 nitrogen and oxygen atoms in total. The first-order chi connectivity index (χ1) is 13.6. The molecule has 4 atom stereocenters. The van der Waals surface area contributed by atoms with Crippen LogP contribution < -0.4 is 16.4 Å². The molecule has 0 aliphatic rings. The highest BCUT2D eigenvalue weighted by molar-refractivity contribution is 5.92. The van der Waals surface area contributed by atoms with Gasteiger partial charge in [0.15, 0.2) is 0 Å². The van der Waals surface area contributed by atoms with E-state index in [1.165, 1.54) is 0 Å². The molecule has 1 aromatic carbocycles. The van der Waals surface area contributed by atoms with Crippen molar-refractivity contribution in [2.45, 2.75) is 57.7 Å². The van der Waals surface area contributed by atoms with Gasteiger partial charge in [0, 0.05) is 6.42 Å². The van der Waals surface area contributed by atoms with E-state index in [2.05, 4.69) is 10.6 Å². The molecule has 0 saturated carbocycles. The molecular weight excluding hydrogens is 378 g/mol. The molecule has 0 bridgehead atoms. The summed E-state index contributed by atoms with van der Waals surface area (Å²) in [5, 5.41) is 23.1. The minimum atomic E-state index is -1.20. The summed E-state index contributed by atoms with van der Waals surface area (Å²) in [6.07, 6.45) is 0.209. The number of amides is 2. The molecule has 1 aromatic rings. The standard InChI is InChI=1S/C20H29N3O6/c1-3-12(2)17(20(28)29)23-19(27)15(9-10-16(24)25)22-18(26)14(21)11-13-7-5-4-6-8-13/h4-8,12,14-15,17H,3,9-11,21H2,1-2H3,(H,22,26)(H,23,27)(H,24,25)(H,28,29). The fraction of sp³-hybridized carbons (Fsp3) is 0.500. The quantitative estimate of drug-likeness (QED) is 0.338. The van der Waals surface area contributed by atoms with Crippen LogP contribution in [0.3, 0.4) is 0 Å². The van der Waals surface area contributed by atoms with Gasteiger partial charge in [0.2, 0.25) is 11.8 Å². The van der Waals surface area contributed by atoms with Crippen LogP contribution in [-0.2, 0) is 25.6 Å². The van der Waals surface area contributed by atoms with E-state index < -0.39 is 41.9 Å². The van der Waals surface area contributed by atoms with Crippen molar-refractivity contribution in [2.75, 3.05) is 0 Å². The number of carbonyl (C=O) groups excluding carboxylic acids is 2. The first-order valence-corrected chi connectivity index (χ1v) is 9.50. The van der Waals surface area contributed by atoms with Crippen LogP contribution in [0.25, 0.3) is 0 Å². The molecule has 2 amide bonds. The molecule has 0 heterocycles. The monoisotopic (exact) mass is 407 g/mol. The average Bonchev–Trinajstić information content (AvgIpc) is 2.68. The van der Waals surface area contributed by atoms with E-state index in [0.717, 1.165) is 5.56 Å². The van der Waals surface area contributed by atoms with Crippen molar-refractivity contribution < 1.29 is 29.4 Å². The van der Waals surface area contributed by atoms with Crippen molar-refractivity contribution in [3.8, 4) is 0 Å². The number of carboxylic acid groups (broad SMARTS) is 2. The van der Waals surface area contributed by atoms with Gasteiger partial charge < -0.3 is 26.6 Å². The minimum absolute atomic E-state index is 0.183. The summed E-state index contributed by atoms with van der Waals surface area (Å²) >= 11 is 0. The lowest BCUT2D eigenvalue weighted by molar-refractivity contribution is -0.144. The lowest BCUT2D eigenvalue weighted by Gasteiger charge is -2.25. The Kier molecular flexibility index (Phi) is 9.81. The second kappa shape index (κ2) is 11.8. The maximum atomic E-state index is 12.6. The van der Waals surface area contributed by atoms with Gasteiger partial charge in [0.25, 0.3) is 0 Å². The molecule has 0 aliphatic carbocycles. The summed E-state index contributed by atoms with van der Waals surface area (Å²) in [6.45, 7) is 3.47. The van der Waals surface area contributed by atoms with Crippen LogP contribution in [0.2, 0.25) is 0 Å². The van der Waals surface area contributed by atoms with Gasteiger partial charge in [0.05, 0.1) is 6.04 Å². The van der Waals surface area contributed by atoms with E-state index in [-0.39, 0.29) is 25.2 Å². The van der Waals surface area contributed by atoms with Crippen LogP contribution in [-0.4, -0.2) is 52.1 Å². The predicted octanol–water partition coefficient (Wildman–Crippen LogP) is 0.522. The molecule has 0 aromatic heterocycles. The fourth-order valence-electron chi connectivity index (χ4n) is 2.71. The third kappa shape index (κ3) is 8.30. The molecule has 0 aliphatic heterocycles. The molecule has 29 heavy (non-hydrogen) atoms. The topological polar surface area (TPSA) is 159 Å². The average molecular weight is 407 g/mol. The Morgan fingerprint density at radius 1 is 1.03 bits per heavy atom. The predicted molar refractivity (Wildman–Crippen MR) is 106 cm³/mol. The maximum absolute atomic E-state index is 12.6. The second-order valence-electron chi connectivity index (χ2n) is 7.00. The zero-order chi connectivity index (χ0) is 22.0. The van der Waals surface area contributed by atoms with Crippen LogP contribution in [0.4, 0.5) is 0 Å². The number of hydrogen-bond donors (Lipinski definition) is 5. The Morgan fingerprint density at radius 2 is 1.66 bits per heavy atom. The van der Waals surface area contributed by atoms with Gasteiger partial charge in [-0.3, -0.25) is 14.4 Å². The third-order valence-electron chi connectivity index (χ3n) is 4.69. The van der Waals surface area contributed by atoms with E-state index in [4.69, 9.17) is 10.8 Å². The van der Waals surface area contributed by atoms with E-state index in [9.17, 15) is 24.3 Å². The zero-order valence-electron chi connectivity index (χ0n) is 16.6. The van der Waals surface area contributed by atoms with Crippen molar-refractivity contribution in [1.29, 1.82) is 0 Å². The Bertz CT molecular complexity index is 709. The molecule has 1 rings (SSSR count). The maximum Gasteiger partial charge on any atom is 0.326 e. The van der Waals surface area contributed by atoms with E-state index in [1.54, 1.807) is 13.8 Å². The van der Waals surface area contributed by atoms with Crippen LogP contribution in [0.5, 0.6) is 0 Å². The number of hydrogen-bond acceptors (Lipinski definition) is 5. The first kappa shape index (κ1) is 24.1. The van der Waals surface area contributed by atoms with Gasteiger partial charge in [-0.15, -0.1) is 0 Å². The lowest BCUT2D eigenvalue weighted by atomic mass is 9.98. The molecule has 0 radical (unpaired) electrons. The summed E-state index contributed by atoms with van der Waals surface area (Å²) in [5.74, 6) is -4.04. The van der Waals surface area contributed by atoms with Gasteiger partial charge >= 0.3 is 11.9 Å². The Hall–Kier alpha value is -2.94. The number of nitrogens with two attached hydrogens (primary N) is 1. The summed E-state index contributed by atoms with van der Waals surface area (Å²) in [4.78, 5) is 47.4. The third-order valence-corrected chi connectivity index (χ3v) is 4.69. The number of carbonyl (C=O) groups is 4. The molecule has 160 valence electrons. The van der Waals surface area contributed by atoms with Crippen LogP contribution >= 0.6 is 0 Å². The van der Waals surface area contributed by atoms with E-state index >= 15 is 0 Å². The summed E-state index contributed by atoms with van der Waals surface area (Å²) < 4.78 is 0. The molecule has 9 heteroatoms. The van der Waals surface area contributed by atoms with Crippen molar-refractivity contribution in [3.05, 3.63) is 35.9 Å². The number of aliphatic carboxylic acids is 2. The Balaban J connectivity index is 2.84. The first-order valence-electron chi connectivity index (χ1n) is 9.50. The van der Waals surface area contributed by atoms with Gasteiger partial charge in [-0.05, 0) is 24.3 Å². The zero-order valence-corrected chi connectivity index (χ0v) is 16.6. The van der Waals surface area contributed by atoms with Crippen molar-refractivity contribution in [3.63, 3.8) is 0 Å². The highest BCUT2D eigenvalue weighted by atomic mass is 16.4. The van der Waals surface area contributed by atoms with Gasteiger partial charge in [-0.2, -0.15) is 0 Å². The van der Waals surface area contributed by atoms with Crippen LogP contribution in [0, 0.1) is 5.92 Å². The normalized spacial score (nSPS) is 14.9. The van der Waals surface area contributed by atoms with Gasteiger partial charge in [-0.25, -0.2) is 4.79 Å². The smallest absolute Gasteiger partial charge is 0.326 e. The molecule has 4 unspecified atom stereocenters. The number of rotatable bonds is 12. The van der Waals surface area contributed by atoms with Gasteiger partial charge in [-0.1, -0.05) is 50.6 Å². The van der Waals surface area contributed by atoms with Crippen molar-refractivity contribution >= 4 is 23.8 Å². The summed E-state index contributed by atoms with van der Waals surface area (Å²) in [6, 6.07) is 5.78. The second-order valence-corrected chi connectivity index (χ2v) is 7.00. The number of benzene rings is 1. The summed E-state index contributed by atoms with van der Waals surface area (Å²) in [5.41, 5.74) is 6.76. The molecule has 0 saturated heterocycles. The molecule has 6 N–H and O–H groups in total. The van der Waals surface area contributed by atoms with Crippen LogP contribution in [0.15, 0.2) is 30.3 Å². The molecule has 0 fully saturated rings. The summed E-state index contributed by atoms with van der Waals surface area (Å²) in [7, 11) is 0. The van der Waals surface area contributed by atoms with Crippen LogP contribution in [0.1, 0.15) is 38.7 Å². The fourth-order valence-corrected chi connectivity index (χ4v) is 2.71. The molecule has 0 spiro atoms. The van der Waals surface area contributed by atoms with Gasteiger partial charge in [0.1, 0.15) is 12.1 Å².